The molecule has 0 spiro atoms. The van der Waals surface area contributed by atoms with Crippen LogP contribution in [0.3, 0.4) is 0 Å². The molecule has 1 saturated heterocycles. The van der Waals surface area contributed by atoms with E-state index in [1.54, 1.807) is 0 Å². The fourth-order valence-corrected chi connectivity index (χ4v) is 3.15. The molecule has 1 nitrogen and oxygen atoms in total. The Labute approximate surface area is 92.8 Å². The third kappa shape index (κ3) is 2.25. The molecule has 0 aromatic carbocycles. The van der Waals surface area contributed by atoms with Crippen LogP contribution < -0.4 is 0 Å². The van der Waals surface area contributed by atoms with Gasteiger partial charge < -0.3 is 0 Å². The second kappa shape index (κ2) is 4.40. The van der Waals surface area contributed by atoms with Gasteiger partial charge in [0.05, 0.1) is 0 Å². The molecule has 1 heterocycles. The molecular formula is C12H22ClN. The Hall–Kier alpha value is 0.250. The standard InChI is InChI=1S/C12H22ClN/c1-12(9-13)7-8-14(10-12)11-5-3-2-4-6-11/h11H,2-10H2,1H3. The highest BCUT2D eigenvalue weighted by atomic mass is 35.5. The highest BCUT2D eigenvalue weighted by Gasteiger charge is 2.36. The first-order valence-electron chi connectivity index (χ1n) is 6.04. The van der Waals surface area contributed by atoms with Crippen LogP contribution in [-0.4, -0.2) is 29.9 Å². The summed E-state index contributed by atoms with van der Waals surface area (Å²) in [5, 5.41) is 0. The van der Waals surface area contributed by atoms with Crippen LogP contribution in [0.1, 0.15) is 45.4 Å². The van der Waals surface area contributed by atoms with Crippen molar-refractivity contribution in [3.63, 3.8) is 0 Å². The minimum absolute atomic E-state index is 0.402. The van der Waals surface area contributed by atoms with Gasteiger partial charge in [0.15, 0.2) is 0 Å². The number of hydrogen-bond acceptors (Lipinski definition) is 1. The van der Waals surface area contributed by atoms with Crippen molar-refractivity contribution in [1.29, 1.82) is 0 Å². The molecule has 2 rings (SSSR count). The molecule has 1 saturated carbocycles. The lowest BCUT2D eigenvalue weighted by Crippen LogP contribution is -2.36. The smallest absolute Gasteiger partial charge is 0.0290 e. The monoisotopic (exact) mass is 215 g/mol. The van der Waals surface area contributed by atoms with Gasteiger partial charge in [0.2, 0.25) is 0 Å². The largest absolute Gasteiger partial charge is 0.300 e. The molecule has 1 aliphatic heterocycles. The van der Waals surface area contributed by atoms with E-state index in [-0.39, 0.29) is 0 Å². The Kier molecular flexibility index (Phi) is 3.38. The van der Waals surface area contributed by atoms with Crippen LogP contribution in [0, 0.1) is 5.41 Å². The minimum Gasteiger partial charge on any atom is -0.300 e. The molecule has 2 aliphatic rings. The molecule has 1 aliphatic carbocycles. The van der Waals surface area contributed by atoms with Crippen molar-refractivity contribution in [2.75, 3.05) is 19.0 Å². The summed E-state index contributed by atoms with van der Waals surface area (Å²) in [7, 11) is 0. The van der Waals surface area contributed by atoms with Gasteiger partial charge >= 0.3 is 0 Å². The van der Waals surface area contributed by atoms with Crippen molar-refractivity contribution in [1.82, 2.24) is 4.90 Å². The molecule has 0 aromatic rings. The van der Waals surface area contributed by atoms with Crippen LogP contribution in [0.15, 0.2) is 0 Å². The average molecular weight is 216 g/mol. The van der Waals surface area contributed by atoms with E-state index in [1.807, 2.05) is 0 Å². The maximum absolute atomic E-state index is 6.03. The van der Waals surface area contributed by atoms with E-state index < -0.39 is 0 Å². The van der Waals surface area contributed by atoms with Crippen molar-refractivity contribution < 1.29 is 0 Å². The molecule has 0 bridgehead atoms. The van der Waals surface area contributed by atoms with Crippen LogP contribution in [-0.2, 0) is 0 Å². The number of likely N-dealkylation sites (tertiary alicyclic amines) is 1. The lowest BCUT2D eigenvalue weighted by Gasteiger charge is -2.32. The molecule has 0 aromatic heterocycles. The van der Waals surface area contributed by atoms with Crippen LogP contribution in [0.4, 0.5) is 0 Å². The Morgan fingerprint density at radius 2 is 2.00 bits per heavy atom. The maximum Gasteiger partial charge on any atom is 0.0290 e. The predicted octanol–water partition coefficient (Wildman–Crippen LogP) is 3.27. The Balaban J connectivity index is 1.88. The highest BCUT2D eigenvalue weighted by Crippen LogP contribution is 2.35. The number of rotatable bonds is 2. The fraction of sp³-hybridized carbons (Fsp3) is 1.00. The van der Waals surface area contributed by atoms with Gasteiger partial charge in [-0.3, -0.25) is 4.90 Å². The average Bonchev–Trinajstić information content (AvgIpc) is 2.63. The molecule has 2 heteroatoms. The Bertz CT molecular complexity index is 189. The lowest BCUT2D eigenvalue weighted by molar-refractivity contribution is 0.175. The van der Waals surface area contributed by atoms with Gasteiger partial charge in [-0.25, -0.2) is 0 Å². The summed E-state index contributed by atoms with van der Waals surface area (Å²) in [5.41, 5.74) is 0.402. The van der Waals surface area contributed by atoms with E-state index in [9.17, 15) is 0 Å². The third-order valence-corrected chi connectivity index (χ3v) is 4.65. The second-order valence-corrected chi connectivity index (χ2v) is 5.72. The van der Waals surface area contributed by atoms with E-state index >= 15 is 0 Å². The maximum atomic E-state index is 6.03. The molecule has 0 amide bonds. The Morgan fingerprint density at radius 3 is 2.57 bits per heavy atom. The predicted molar refractivity (Wildman–Crippen MR) is 61.9 cm³/mol. The van der Waals surface area contributed by atoms with Crippen LogP contribution in [0.5, 0.6) is 0 Å². The highest BCUT2D eigenvalue weighted by molar-refractivity contribution is 6.18. The first-order valence-corrected chi connectivity index (χ1v) is 6.57. The van der Waals surface area contributed by atoms with Crippen molar-refractivity contribution in [3.05, 3.63) is 0 Å². The number of alkyl halides is 1. The first kappa shape index (κ1) is 10.8. The van der Waals surface area contributed by atoms with E-state index in [0.29, 0.717) is 5.41 Å². The number of hydrogen-bond donors (Lipinski definition) is 0. The van der Waals surface area contributed by atoms with Crippen molar-refractivity contribution in [2.45, 2.75) is 51.5 Å². The summed E-state index contributed by atoms with van der Waals surface area (Å²) in [6.07, 6.45) is 8.50. The topological polar surface area (TPSA) is 3.24 Å². The molecule has 0 N–H and O–H groups in total. The molecule has 14 heavy (non-hydrogen) atoms. The van der Waals surface area contributed by atoms with Crippen molar-refractivity contribution in [2.24, 2.45) is 5.41 Å². The van der Waals surface area contributed by atoms with Crippen LogP contribution in [0.2, 0.25) is 0 Å². The molecule has 82 valence electrons. The van der Waals surface area contributed by atoms with Crippen molar-refractivity contribution in [3.8, 4) is 0 Å². The van der Waals surface area contributed by atoms with Gasteiger partial charge in [-0.15, -0.1) is 11.6 Å². The van der Waals surface area contributed by atoms with E-state index in [1.165, 1.54) is 51.6 Å². The zero-order chi connectivity index (χ0) is 10.0. The third-order valence-electron chi connectivity index (χ3n) is 4.00. The second-order valence-electron chi connectivity index (χ2n) is 5.46. The summed E-state index contributed by atoms with van der Waals surface area (Å²) in [6, 6.07) is 0.883. The number of nitrogens with zero attached hydrogens (tertiary/aromatic N) is 1. The van der Waals surface area contributed by atoms with E-state index in [0.717, 1.165) is 11.9 Å². The lowest BCUT2D eigenvalue weighted by atomic mass is 9.92. The van der Waals surface area contributed by atoms with Gasteiger partial charge in [0, 0.05) is 18.5 Å². The summed E-state index contributed by atoms with van der Waals surface area (Å²) in [5.74, 6) is 0.830. The van der Waals surface area contributed by atoms with Crippen LogP contribution in [0.25, 0.3) is 0 Å². The summed E-state index contributed by atoms with van der Waals surface area (Å²) in [6.45, 7) is 4.86. The fourth-order valence-electron chi connectivity index (χ4n) is 2.93. The van der Waals surface area contributed by atoms with Crippen molar-refractivity contribution >= 4 is 11.6 Å². The molecular weight excluding hydrogens is 194 g/mol. The van der Waals surface area contributed by atoms with Gasteiger partial charge in [0.25, 0.3) is 0 Å². The Morgan fingerprint density at radius 1 is 1.29 bits per heavy atom. The molecule has 2 fully saturated rings. The zero-order valence-corrected chi connectivity index (χ0v) is 10.0. The molecule has 1 unspecified atom stereocenters. The number of halogens is 1. The van der Waals surface area contributed by atoms with Gasteiger partial charge in [-0.2, -0.15) is 0 Å². The van der Waals surface area contributed by atoms with Gasteiger partial charge in [-0.05, 0) is 31.2 Å². The van der Waals surface area contributed by atoms with E-state index in [2.05, 4.69) is 11.8 Å². The quantitative estimate of drug-likeness (QED) is 0.640. The molecule has 1 atom stereocenters. The first-order chi connectivity index (χ1) is 6.73. The minimum atomic E-state index is 0.402. The molecule has 0 radical (unpaired) electrons. The summed E-state index contributed by atoms with van der Waals surface area (Å²) < 4.78 is 0. The van der Waals surface area contributed by atoms with Gasteiger partial charge in [-0.1, -0.05) is 26.2 Å². The van der Waals surface area contributed by atoms with Crippen LogP contribution >= 0.6 is 11.6 Å². The zero-order valence-electron chi connectivity index (χ0n) is 9.27. The van der Waals surface area contributed by atoms with E-state index in [4.69, 9.17) is 11.6 Å². The summed E-state index contributed by atoms with van der Waals surface area (Å²) >= 11 is 6.03. The summed E-state index contributed by atoms with van der Waals surface area (Å²) in [4.78, 5) is 2.70. The van der Waals surface area contributed by atoms with Gasteiger partial charge in [0.1, 0.15) is 0 Å². The normalized spacial score (nSPS) is 36.4. The SMILES string of the molecule is CC1(CCl)CCN(C2CCCCC2)C1.